The molecule has 0 atom stereocenters. The third-order valence-corrected chi connectivity index (χ3v) is 3.74. The molecule has 0 unspecified atom stereocenters. The first-order valence-electron chi connectivity index (χ1n) is 8.22. The van der Waals surface area contributed by atoms with Crippen LogP contribution < -0.4 is 14.9 Å². The number of amides is 1. The summed E-state index contributed by atoms with van der Waals surface area (Å²) < 4.78 is 10.8. The Bertz CT molecular complexity index is 770. The van der Waals surface area contributed by atoms with Crippen molar-refractivity contribution >= 4 is 12.1 Å². The van der Waals surface area contributed by atoms with Crippen molar-refractivity contribution in [2.45, 2.75) is 27.2 Å². The Balaban J connectivity index is 1.97. The highest BCUT2D eigenvalue weighted by Crippen LogP contribution is 2.27. The number of hydrogen-bond donors (Lipinski definition) is 1. The highest BCUT2D eigenvalue weighted by Gasteiger charge is 2.06. The molecule has 1 N–H and O–H groups in total. The molecule has 1 amide bonds. The molecule has 0 aromatic heterocycles. The number of methoxy groups -OCH3 is 1. The van der Waals surface area contributed by atoms with Gasteiger partial charge in [0.1, 0.15) is 0 Å². The first-order valence-corrected chi connectivity index (χ1v) is 8.22. The molecule has 0 heterocycles. The molecular weight excluding hydrogens is 316 g/mol. The molecule has 0 aliphatic carbocycles. The molecule has 0 aliphatic heterocycles. The van der Waals surface area contributed by atoms with Gasteiger partial charge in [-0.15, -0.1) is 0 Å². The van der Waals surface area contributed by atoms with Crippen LogP contribution in [-0.2, 0) is 11.2 Å². The lowest BCUT2D eigenvalue weighted by Crippen LogP contribution is -2.20. The van der Waals surface area contributed by atoms with Gasteiger partial charge in [0.25, 0.3) is 0 Å². The second-order valence-electron chi connectivity index (χ2n) is 5.74. The minimum absolute atomic E-state index is 0.152. The van der Waals surface area contributed by atoms with Crippen LogP contribution in [0.2, 0.25) is 0 Å². The average molecular weight is 340 g/mol. The van der Waals surface area contributed by atoms with Crippen LogP contribution in [0.3, 0.4) is 0 Å². The molecule has 2 aromatic carbocycles. The van der Waals surface area contributed by atoms with E-state index in [1.165, 1.54) is 5.56 Å². The van der Waals surface area contributed by atoms with E-state index in [0.29, 0.717) is 24.5 Å². The zero-order valence-corrected chi connectivity index (χ0v) is 15.1. The van der Waals surface area contributed by atoms with Gasteiger partial charge in [-0.1, -0.05) is 23.8 Å². The van der Waals surface area contributed by atoms with Crippen LogP contribution in [-0.4, -0.2) is 25.8 Å². The van der Waals surface area contributed by atoms with Crippen LogP contribution in [0.1, 0.15) is 29.2 Å². The molecule has 5 nitrogen and oxygen atoms in total. The van der Waals surface area contributed by atoms with Gasteiger partial charge < -0.3 is 9.47 Å². The van der Waals surface area contributed by atoms with Gasteiger partial charge in [-0.3, -0.25) is 4.79 Å². The number of hydrazone groups is 1. The summed E-state index contributed by atoms with van der Waals surface area (Å²) in [6.45, 7) is 6.52. The second-order valence-corrected chi connectivity index (χ2v) is 5.74. The first-order chi connectivity index (χ1) is 12.0. The quantitative estimate of drug-likeness (QED) is 0.621. The summed E-state index contributed by atoms with van der Waals surface area (Å²) in [5.74, 6) is 1.16. The van der Waals surface area contributed by atoms with Gasteiger partial charge in [0.05, 0.1) is 26.4 Å². The van der Waals surface area contributed by atoms with Gasteiger partial charge in [-0.25, -0.2) is 5.43 Å². The zero-order chi connectivity index (χ0) is 18.2. The number of carbonyl (C=O) groups excluding carboxylic acids is 1. The molecule has 0 spiro atoms. The third-order valence-electron chi connectivity index (χ3n) is 3.74. The predicted octanol–water partition coefficient (Wildman–Crippen LogP) is 3.40. The van der Waals surface area contributed by atoms with E-state index in [4.69, 9.17) is 9.47 Å². The van der Waals surface area contributed by atoms with Crippen LogP contribution in [0.4, 0.5) is 0 Å². The molecular formula is C20H24N2O3. The van der Waals surface area contributed by atoms with Crippen molar-refractivity contribution in [2.75, 3.05) is 13.7 Å². The molecule has 2 rings (SSSR count). The van der Waals surface area contributed by atoms with E-state index in [9.17, 15) is 4.79 Å². The van der Waals surface area contributed by atoms with E-state index >= 15 is 0 Å². The summed E-state index contributed by atoms with van der Waals surface area (Å²) in [7, 11) is 1.59. The summed E-state index contributed by atoms with van der Waals surface area (Å²) in [5, 5.41) is 4.02. The maximum atomic E-state index is 12.0. The van der Waals surface area contributed by atoms with E-state index in [1.54, 1.807) is 13.3 Å². The number of benzene rings is 2. The van der Waals surface area contributed by atoms with Gasteiger partial charge in [0.15, 0.2) is 11.5 Å². The Morgan fingerprint density at radius 3 is 2.64 bits per heavy atom. The highest BCUT2D eigenvalue weighted by molar-refractivity contribution is 5.84. The second kappa shape index (κ2) is 8.87. The van der Waals surface area contributed by atoms with Crippen LogP contribution in [0.15, 0.2) is 41.5 Å². The topological polar surface area (TPSA) is 59.9 Å². The van der Waals surface area contributed by atoms with Gasteiger partial charge in [-0.2, -0.15) is 5.10 Å². The van der Waals surface area contributed by atoms with Crippen LogP contribution in [0.25, 0.3) is 0 Å². The fourth-order valence-corrected chi connectivity index (χ4v) is 2.47. The highest BCUT2D eigenvalue weighted by atomic mass is 16.5. The van der Waals surface area contributed by atoms with E-state index < -0.39 is 0 Å². The Morgan fingerprint density at radius 2 is 1.96 bits per heavy atom. The summed E-state index contributed by atoms with van der Waals surface area (Å²) in [4.78, 5) is 12.0. The molecule has 0 saturated heterocycles. The number of nitrogens with zero attached hydrogens (tertiary/aromatic N) is 1. The van der Waals surface area contributed by atoms with Gasteiger partial charge >= 0.3 is 0 Å². The van der Waals surface area contributed by atoms with Crippen molar-refractivity contribution in [3.63, 3.8) is 0 Å². The Kier molecular flexibility index (Phi) is 6.57. The predicted molar refractivity (Wildman–Crippen MR) is 99.5 cm³/mol. The fraction of sp³-hybridized carbons (Fsp3) is 0.300. The minimum atomic E-state index is -0.152. The van der Waals surface area contributed by atoms with E-state index in [-0.39, 0.29) is 5.91 Å². The molecule has 0 radical (unpaired) electrons. The van der Waals surface area contributed by atoms with Crippen molar-refractivity contribution in [3.05, 3.63) is 58.7 Å². The monoisotopic (exact) mass is 340 g/mol. The van der Waals surface area contributed by atoms with Crippen molar-refractivity contribution < 1.29 is 14.3 Å². The number of carbonyl (C=O) groups is 1. The maximum absolute atomic E-state index is 12.0. The van der Waals surface area contributed by atoms with Gasteiger partial charge in [-0.05, 0) is 55.7 Å². The molecule has 0 saturated carbocycles. The molecule has 0 bridgehead atoms. The van der Waals surface area contributed by atoms with Crippen molar-refractivity contribution in [1.82, 2.24) is 5.43 Å². The zero-order valence-electron chi connectivity index (χ0n) is 15.1. The van der Waals surface area contributed by atoms with Gasteiger partial charge in [0.2, 0.25) is 5.91 Å². The number of nitrogens with one attached hydrogen (secondary N) is 1. The molecule has 0 aliphatic rings. The van der Waals surface area contributed by atoms with Crippen LogP contribution in [0.5, 0.6) is 11.5 Å². The molecule has 2 aromatic rings. The first kappa shape index (κ1) is 18.5. The van der Waals surface area contributed by atoms with Crippen molar-refractivity contribution in [2.24, 2.45) is 5.10 Å². The largest absolute Gasteiger partial charge is 0.493 e. The van der Waals surface area contributed by atoms with Gasteiger partial charge in [0, 0.05) is 0 Å². The lowest BCUT2D eigenvalue weighted by Gasteiger charge is -2.09. The third kappa shape index (κ3) is 5.35. The number of ether oxygens (including phenoxy) is 2. The summed E-state index contributed by atoms with van der Waals surface area (Å²) >= 11 is 0. The Morgan fingerprint density at radius 1 is 1.16 bits per heavy atom. The smallest absolute Gasteiger partial charge is 0.244 e. The molecule has 5 heteroatoms. The minimum Gasteiger partial charge on any atom is -0.493 e. The number of rotatable bonds is 7. The lowest BCUT2D eigenvalue weighted by atomic mass is 10.0. The standard InChI is InChI=1S/C20H24N2O3/c1-5-25-18-9-7-16(11-19(18)24-4)13-21-22-20(23)12-17-8-6-14(2)10-15(17)3/h6-11,13H,5,12H2,1-4H3,(H,22,23)/b21-13-. The van der Waals surface area contributed by atoms with Crippen molar-refractivity contribution in [3.8, 4) is 11.5 Å². The number of hydrogen-bond acceptors (Lipinski definition) is 4. The summed E-state index contributed by atoms with van der Waals surface area (Å²) in [6.07, 6.45) is 1.88. The van der Waals surface area contributed by atoms with E-state index in [2.05, 4.69) is 16.6 Å². The molecule has 25 heavy (non-hydrogen) atoms. The Labute approximate surface area is 148 Å². The average Bonchev–Trinajstić information content (AvgIpc) is 2.59. The molecule has 132 valence electrons. The maximum Gasteiger partial charge on any atom is 0.244 e. The summed E-state index contributed by atoms with van der Waals surface area (Å²) in [5.41, 5.74) is 6.66. The normalized spacial score (nSPS) is 10.7. The van der Waals surface area contributed by atoms with Crippen LogP contribution >= 0.6 is 0 Å². The molecule has 0 fully saturated rings. The fourth-order valence-electron chi connectivity index (χ4n) is 2.47. The SMILES string of the molecule is CCOc1ccc(/C=N\NC(=O)Cc2ccc(C)cc2C)cc1OC. The van der Waals surface area contributed by atoms with E-state index in [1.807, 2.05) is 51.1 Å². The van der Waals surface area contributed by atoms with E-state index in [0.717, 1.165) is 16.7 Å². The Hall–Kier alpha value is -2.82. The summed E-state index contributed by atoms with van der Waals surface area (Å²) in [6, 6.07) is 11.5. The van der Waals surface area contributed by atoms with Crippen molar-refractivity contribution in [1.29, 1.82) is 0 Å². The number of aryl methyl sites for hydroxylation is 2. The van der Waals surface area contributed by atoms with Crippen LogP contribution in [0, 0.1) is 13.8 Å². The lowest BCUT2D eigenvalue weighted by molar-refractivity contribution is -0.120.